The van der Waals surface area contributed by atoms with Crippen molar-refractivity contribution in [1.82, 2.24) is 19.5 Å². The van der Waals surface area contributed by atoms with E-state index in [1.54, 1.807) is 35.9 Å². The minimum atomic E-state index is -1.39. The van der Waals surface area contributed by atoms with Crippen LogP contribution in [0.15, 0.2) is 64.1 Å². The fraction of sp³-hybridized carbons (Fsp3) is 0.280. The van der Waals surface area contributed by atoms with Crippen molar-refractivity contribution in [3.05, 3.63) is 80.8 Å². The van der Waals surface area contributed by atoms with E-state index in [4.69, 9.17) is 24.3 Å². The SMILES string of the molecule is COc1ccc(C(=O)SCCOP(COCCn2cnc3c(=O)[nH]c(N)nc32)OCc2cccc(Br)c2)cc1. The molecule has 2 aromatic carbocycles. The highest BCUT2D eigenvalue weighted by Crippen LogP contribution is 2.39. The number of halogens is 1. The molecule has 0 aliphatic heterocycles. The quantitative estimate of drug-likeness (QED) is 0.149. The summed E-state index contributed by atoms with van der Waals surface area (Å²) in [7, 11) is 0.188. The average molecular weight is 636 g/mol. The number of H-pyrrole nitrogens is 1. The van der Waals surface area contributed by atoms with Crippen LogP contribution in [0, 0.1) is 0 Å². The van der Waals surface area contributed by atoms with Crippen molar-refractivity contribution >= 4 is 58.3 Å². The van der Waals surface area contributed by atoms with Gasteiger partial charge in [-0.2, -0.15) is 4.98 Å². The van der Waals surface area contributed by atoms with E-state index in [1.807, 2.05) is 24.3 Å². The Kier molecular flexibility index (Phi) is 10.9. The lowest BCUT2D eigenvalue weighted by Crippen LogP contribution is -2.13. The highest BCUT2D eigenvalue weighted by atomic mass is 79.9. The van der Waals surface area contributed by atoms with Crippen molar-refractivity contribution in [3.63, 3.8) is 0 Å². The standard InChI is InChI=1S/C25H27BrN5O6PS/c1-34-20-7-5-18(6-8-20)24(33)39-12-11-36-38(37-14-17-3-2-4-19(26)13-17)16-35-10-9-31-15-28-21-22(31)29-25(27)30-23(21)32/h2-8,13,15H,9-12,14,16H2,1H3,(H3,27,29,30,32). The highest BCUT2D eigenvalue weighted by molar-refractivity contribution is 9.10. The molecule has 0 aliphatic rings. The average Bonchev–Trinajstić information content (AvgIpc) is 3.34. The largest absolute Gasteiger partial charge is 0.497 e. The van der Waals surface area contributed by atoms with Gasteiger partial charge in [-0.15, -0.1) is 0 Å². The normalized spacial score (nSPS) is 12.1. The number of carbonyl (C=O) groups is 1. The monoisotopic (exact) mass is 635 g/mol. The molecule has 4 rings (SSSR count). The molecular formula is C25H27BrN5O6PS. The molecule has 206 valence electrons. The van der Waals surface area contributed by atoms with Gasteiger partial charge in [0.2, 0.25) is 11.1 Å². The second-order valence-electron chi connectivity index (χ2n) is 8.03. The van der Waals surface area contributed by atoms with Crippen LogP contribution in [0.3, 0.4) is 0 Å². The van der Waals surface area contributed by atoms with E-state index in [-0.39, 0.29) is 22.9 Å². The van der Waals surface area contributed by atoms with E-state index in [0.29, 0.717) is 49.1 Å². The molecule has 39 heavy (non-hydrogen) atoms. The number of fused-ring (bicyclic) bond motifs is 1. The summed E-state index contributed by atoms with van der Waals surface area (Å²) < 4.78 is 25.7. The van der Waals surface area contributed by atoms with E-state index in [1.165, 1.54) is 18.1 Å². The number of methoxy groups -OCH3 is 1. The molecule has 2 heterocycles. The zero-order valence-electron chi connectivity index (χ0n) is 21.0. The van der Waals surface area contributed by atoms with Crippen LogP contribution < -0.4 is 16.0 Å². The van der Waals surface area contributed by atoms with Gasteiger partial charge in [-0.05, 0) is 42.0 Å². The number of nitrogens with one attached hydrogen (secondary N) is 1. The lowest BCUT2D eigenvalue weighted by Gasteiger charge is -2.18. The van der Waals surface area contributed by atoms with Crippen LogP contribution in [0.25, 0.3) is 11.2 Å². The Bertz CT molecular complexity index is 1450. The van der Waals surface area contributed by atoms with Crippen LogP contribution in [0.4, 0.5) is 5.95 Å². The number of nitrogens with two attached hydrogens (primary N) is 1. The topological polar surface area (TPSA) is 144 Å². The number of aromatic nitrogens is 4. The molecule has 1 unspecified atom stereocenters. The number of ether oxygens (including phenoxy) is 2. The lowest BCUT2D eigenvalue weighted by molar-refractivity contribution is 0.108. The molecule has 0 saturated carbocycles. The van der Waals surface area contributed by atoms with Gasteiger partial charge in [0.15, 0.2) is 19.5 Å². The second kappa shape index (κ2) is 14.5. The molecule has 14 heteroatoms. The van der Waals surface area contributed by atoms with Crippen LogP contribution >= 0.6 is 36.1 Å². The first-order valence-electron chi connectivity index (χ1n) is 11.8. The Hall–Kier alpha value is -2.80. The van der Waals surface area contributed by atoms with Crippen LogP contribution in [0.5, 0.6) is 5.75 Å². The van der Waals surface area contributed by atoms with Gasteiger partial charge in [-0.1, -0.05) is 39.8 Å². The van der Waals surface area contributed by atoms with E-state index in [2.05, 4.69) is 30.9 Å². The van der Waals surface area contributed by atoms with Gasteiger partial charge in [0.05, 0.1) is 33.3 Å². The van der Waals surface area contributed by atoms with Crippen molar-refractivity contribution in [1.29, 1.82) is 0 Å². The molecule has 0 saturated heterocycles. The summed E-state index contributed by atoms with van der Waals surface area (Å²) in [5.41, 5.74) is 7.47. The van der Waals surface area contributed by atoms with Crippen LogP contribution in [0.2, 0.25) is 0 Å². The van der Waals surface area contributed by atoms with Gasteiger partial charge in [0, 0.05) is 22.3 Å². The smallest absolute Gasteiger partial charge is 0.280 e. The van der Waals surface area contributed by atoms with Gasteiger partial charge < -0.3 is 28.8 Å². The third kappa shape index (κ3) is 8.59. The minimum absolute atomic E-state index is 0.0244. The van der Waals surface area contributed by atoms with Crippen molar-refractivity contribution < 1.29 is 23.3 Å². The van der Waals surface area contributed by atoms with Crippen LogP contribution in [0.1, 0.15) is 15.9 Å². The van der Waals surface area contributed by atoms with Gasteiger partial charge in [0.25, 0.3) is 5.56 Å². The number of anilines is 1. The number of carbonyl (C=O) groups excluding carboxylic acids is 1. The first kappa shape index (κ1) is 29.2. The van der Waals surface area contributed by atoms with Crippen molar-refractivity contribution in [2.45, 2.75) is 13.2 Å². The maximum atomic E-state index is 12.5. The van der Waals surface area contributed by atoms with Crippen molar-refractivity contribution in [3.8, 4) is 5.75 Å². The summed E-state index contributed by atoms with van der Waals surface area (Å²) >= 11 is 4.65. The van der Waals surface area contributed by atoms with Crippen LogP contribution in [-0.4, -0.2) is 57.1 Å². The fourth-order valence-electron chi connectivity index (χ4n) is 3.41. The number of nitrogens with zero attached hydrogens (tertiary/aromatic N) is 3. The fourth-order valence-corrected chi connectivity index (χ4v) is 5.72. The lowest BCUT2D eigenvalue weighted by atomic mass is 10.2. The van der Waals surface area contributed by atoms with Crippen molar-refractivity contribution in [2.24, 2.45) is 0 Å². The molecule has 3 N–H and O–H groups in total. The van der Waals surface area contributed by atoms with Gasteiger partial charge in [-0.25, -0.2) is 4.98 Å². The zero-order chi connectivity index (χ0) is 27.6. The predicted octanol–water partition coefficient (Wildman–Crippen LogP) is 4.57. The molecule has 4 aromatic rings. The number of nitrogen functional groups attached to an aromatic ring is 1. The molecular weight excluding hydrogens is 609 g/mol. The molecule has 2 aromatic heterocycles. The molecule has 11 nitrogen and oxygen atoms in total. The minimum Gasteiger partial charge on any atom is -0.497 e. The molecule has 0 spiro atoms. The second-order valence-corrected chi connectivity index (χ2v) is 11.5. The first-order valence-corrected chi connectivity index (χ1v) is 14.9. The summed E-state index contributed by atoms with van der Waals surface area (Å²) in [5.74, 6) is 1.19. The summed E-state index contributed by atoms with van der Waals surface area (Å²) in [4.78, 5) is 35.1. The molecule has 0 amide bonds. The Balaban J connectivity index is 1.28. The number of imidazole rings is 1. The number of aromatic amines is 1. The predicted molar refractivity (Wildman–Crippen MR) is 155 cm³/mol. The van der Waals surface area contributed by atoms with Gasteiger partial charge >= 0.3 is 0 Å². The maximum absolute atomic E-state index is 12.5. The van der Waals surface area contributed by atoms with Gasteiger partial charge in [0.1, 0.15) is 12.1 Å². The number of hydrogen-bond acceptors (Lipinski definition) is 10. The highest BCUT2D eigenvalue weighted by Gasteiger charge is 2.14. The summed E-state index contributed by atoms with van der Waals surface area (Å²) in [6.45, 7) is 1.39. The summed E-state index contributed by atoms with van der Waals surface area (Å²) in [6.07, 6.45) is 1.75. The Labute approximate surface area is 238 Å². The summed E-state index contributed by atoms with van der Waals surface area (Å²) in [6, 6.07) is 14.8. The van der Waals surface area contributed by atoms with Gasteiger partial charge in [-0.3, -0.25) is 14.6 Å². The van der Waals surface area contributed by atoms with E-state index >= 15 is 0 Å². The first-order chi connectivity index (χ1) is 18.9. The van der Waals surface area contributed by atoms with Crippen LogP contribution in [-0.2, 0) is 26.9 Å². The molecule has 0 aliphatic carbocycles. The van der Waals surface area contributed by atoms with E-state index in [0.717, 1.165) is 10.0 Å². The van der Waals surface area contributed by atoms with Crippen molar-refractivity contribution in [2.75, 3.05) is 38.2 Å². The Morgan fingerprint density at radius 2 is 2.00 bits per heavy atom. The summed E-state index contributed by atoms with van der Waals surface area (Å²) in [5, 5.41) is -0.0440. The third-order valence-corrected chi connectivity index (χ3v) is 7.95. The number of hydrogen-bond donors (Lipinski definition) is 2. The molecule has 0 radical (unpaired) electrons. The number of benzene rings is 2. The maximum Gasteiger partial charge on any atom is 0.280 e. The Morgan fingerprint density at radius 1 is 1.18 bits per heavy atom. The third-order valence-electron chi connectivity index (χ3n) is 5.31. The Morgan fingerprint density at radius 3 is 2.77 bits per heavy atom. The molecule has 1 atom stereocenters. The number of rotatable bonds is 14. The van der Waals surface area contributed by atoms with E-state index in [9.17, 15) is 9.59 Å². The molecule has 0 fully saturated rings. The zero-order valence-corrected chi connectivity index (χ0v) is 24.3. The number of thioether (sulfide) groups is 1. The van der Waals surface area contributed by atoms with E-state index < -0.39 is 13.9 Å². The molecule has 0 bridgehead atoms.